The van der Waals surface area contributed by atoms with Gasteiger partial charge in [-0.15, -0.1) is 0 Å². The third-order valence-corrected chi connectivity index (χ3v) is 3.62. The van der Waals surface area contributed by atoms with Crippen molar-refractivity contribution in [1.82, 2.24) is 9.97 Å². The summed E-state index contributed by atoms with van der Waals surface area (Å²) in [4.78, 5) is 8.51. The van der Waals surface area contributed by atoms with Gasteiger partial charge in [0.2, 0.25) is 0 Å². The topological polar surface area (TPSA) is 25.8 Å². The molecule has 0 aliphatic rings. The molecular weight excluding hydrogens is 256 g/mol. The lowest BCUT2D eigenvalue weighted by Crippen LogP contribution is -1.96. The van der Waals surface area contributed by atoms with Gasteiger partial charge in [-0.05, 0) is 17.2 Å². The van der Waals surface area contributed by atoms with Crippen LogP contribution in [0.5, 0.6) is 0 Å². The molecule has 3 heteroatoms. The third kappa shape index (κ3) is 2.08. The Bertz CT molecular complexity index is 732. The number of fused-ring (bicyclic) bond motifs is 1. The fraction of sp³-hybridized carbons (Fsp3) is 0.125. The molecule has 2 nitrogen and oxygen atoms in total. The molecule has 0 aliphatic carbocycles. The van der Waals surface area contributed by atoms with Crippen molar-refractivity contribution in [3.05, 3.63) is 59.5 Å². The predicted molar refractivity (Wildman–Crippen MR) is 79.4 cm³/mol. The van der Waals surface area contributed by atoms with Gasteiger partial charge in [-0.3, -0.25) is 0 Å². The van der Waals surface area contributed by atoms with Crippen molar-refractivity contribution in [3.63, 3.8) is 0 Å². The fourth-order valence-corrected chi connectivity index (χ4v) is 2.63. The standard InChI is InChI=1S/C16H13ClN2/c1-2-12-15(18-10-19-16(12)17)14-9-5-7-11-6-3-4-8-13(11)14/h3-10H,2H2,1H3. The maximum atomic E-state index is 6.18. The van der Waals surface area contributed by atoms with Crippen LogP contribution in [0.4, 0.5) is 0 Å². The molecule has 0 unspecified atom stereocenters. The first-order chi connectivity index (χ1) is 9.31. The minimum Gasteiger partial charge on any atom is -0.236 e. The number of aromatic nitrogens is 2. The number of nitrogens with zero attached hydrogens (tertiary/aromatic N) is 2. The molecular formula is C16H13ClN2. The molecule has 0 fully saturated rings. The van der Waals surface area contributed by atoms with Gasteiger partial charge in [0.05, 0.1) is 5.69 Å². The summed E-state index contributed by atoms with van der Waals surface area (Å²) in [6, 6.07) is 14.5. The first-order valence-corrected chi connectivity index (χ1v) is 6.66. The third-order valence-electron chi connectivity index (χ3n) is 3.29. The quantitative estimate of drug-likeness (QED) is 0.639. The van der Waals surface area contributed by atoms with E-state index in [1.807, 2.05) is 18.2 Å². The Morgan fingerprint density at radius 3 is 2.63 bits per heavy atom. The Hall–Kier alpha value is -1.93. The lowest BCUT2D eigenvalue weighted by Gasteiger charge is -2.10. The summed E-state index contributed by atoms with van der Waals surface area (Å²) < 4.78 is 0. The monoisotopic (exact) mass is 268 g/mol. The Morgan fingerprint density at radius 1 is 1.00 bits per heavy atom. The van der Waals surface area contributed by atoms with Crippen LogP contribution in [0.1, 0.15) is 12.5 Å². The molecule has 0 saturated carbocycles. The average molecular weight is 269 g/mol. The van der Waals surface area contributed by atoms with E-state index in [0.717, 1.165) is 23.2 Å². The van der Waals surface area contributed by atoms with E-state index in [0.29, 0.717) is 5.15 Å². The van der Waals surface area contributed by atoms with E-state index in [2.05, 4.69) is 41.2 Å². The van der Waals surface area contributed by atoms with Gasteiger partial charge < -0.3 is 0 Å². The van der Waals surface area contributed by atoms with Gasteiger partial charge in [-0.1, -0.05) is 61.0 Å². The lowest BCUT2D eigenvalue weighted by atomic mass is 9.99. The van der Waals surface area contributed by atoms with Crippen molar-refractivity contribution < 1.29 is 0 Å². The number of halogens is 1. The number of hydrogen-bond acceptors (Lipinski definition) is 2. The van der Waals surface area contributed by atoms with Gasteiger partial charge in [0.15, 0.2) is 0 Å². The minimum absolute atomic E-state index is 0.542. The summed E-state index contributed by atoms with van der Waals surface area (Å²) in [5, 5.41) is 2.94. The van der Waals surface area contributed by atoms with Crippen LogP contribution in [0.2, 0.25) is 5.15 Å². The molecule has 0 spiro atoms. The van der Waals surface area contributed by atoms with Crippen LogP contribution in [-0.2, 0) is 6.42 Å². The van der Waals surface area contributed by atoms with Crippen LogP contribution in [0.15, 0.2) is 48.8 Å². The molecule has 19 heavy (non-hydrogen) atoms. The lowest BCUT2D eigenvalue weighted by molar-refractivity contribution is 1.05. The molecule has 1 heterocycles. The van der Waals surface area contributed by atoms with Gasteiger partial charge in [-0.25, -0.2) is 9.97 Å². The molecule has 0 bridgehead atoms. The van der Waals surface area contributed by atoms with Crippen LogP contribution < -0.4 is 0 Å². The van der Waals surface area contributed by atoms with E-state index in [1.165, 1.54) is 17.1 Å². The summed E-state index contributed by atoms with van der Waals surface area (Å²) in [5.41, 5.74) is 3.04. The first-order valence-electron chi connectivity index (χ1n) is 6.28. The summed E-state index contributed by atoms with van der Waals surface area (Å²) in [6.07, 6.45) is 2.34. The highest BCUT2D eigenvalue weighted by Gasteiger charge is 2.12. The van der Waals surface area contributed by atoms with Crippen molar-refractivity contribution >= 4 is 22.4 Å². The second-order valence-electron chi connectivity index (χ2n) is 4.37. The number of benzene rings is 2. The van der Waals surface area contributed by atoms with Crippen molar-refractivity contribution in [2.45, 2.75) is 13.3 Å². The molecule has 0 radical (unpaired) electrons. The van der Waals surface area contributed by atoms with Crippen LogP contribution in [0.3, 0.4) is 0 Å². The predicted octanol–water partition coefficient (Wildman–Crippen LogP) is 4.51. The maximum Gasteiger partial charge on any atom is 0.136 e. The molecule has 94 valence electrons. The minimum atomic E-state index is 0.542. The highest BCUT2D eigenvalue weighted by molar-refractivity contribution is 6.30. The average Bonchev–Trinajstić information content (AvgIpc) is 2.46. The summed E-state index contributed by atoms with van der Waals surface area (Å²) >= 11 is 6.18. The van der Waals surface area contributed by atoms with E-state index < -0.39 is 0 Å². The molecule has 0 N–H and O–H groups in total. The van der Waals surface area contributed by atoms with E-state index in [-0.39, 0.29) is 0 Å². The molecule has 2 aromatic carbocycles. The van der Waals surface area contributed by atoms with E-state index >= 15 is 0 Å². The smallest absolute Gasteiger partial charge is 0.136 e. The zero-order valence-corrected chi connectivity index (χ0v) is 11.4. The van der Waals surface area contributed by atoms with Crippen molar-refractivity contribution in [1.29, 1.82) is 0 Å². The summed E-state index contributed by atoms with van der Waals surface area (Å²) in [5.74, 6) is 0. The summed E-state index contributed by atoms with van der Waals surface area (Å²) in [7, 11) is 0. The SMILES string of the molecule is CCc1c(Cl)ncnc1-c1cccc2ccccc12. The van der Waals surface area contributed by atoms with Crippen molar-refractivity contribution in [2.75, 3.05) is 0 Å². The molecule has 3 aromatic rings. The maximum absolute atomic E-state index is 6.18. The van der Waals surface area contributed by atoms with E-state index in [9.17, 15) is 0 Å². The van der Waals surface area contributed by atoms with E-state index in [4.69, 9.17) is 11.6 Å². The molecule has 3 rings (SSSR count). The molecule has 0 aliphatic heterocycles. The Kier molecular flexibility index (Phi) is 3.18. The van der Waals surface area contributed by atoms with Gasteiger partial charge in [0, 0.05) is 11.1 Å². The normalized spacial score (nSPS) is 10.8. The Labute approximate surface area is 117 Å². The fourth-order valence-electron chi connectivity index (χ4n) is 2.37. The zero-order valence-electron chi connectivity index (χ0n) is 10.6. The second kappa shape index (κ2) is 4.98. The zero-order chi connectivity index (χ0) is 13.2. The largest absolute Gasteiger partial charge is 0.236 e. The van der Waals surface area contributed by atoms with Crippen LogP contribution >= 0.6 is 11.6 Å². The number of rotatable bonds is 2. The Morgan fingerprint density at radius 2 is 1.79 bits per heavy atom. The Balaban J connectivity index is 2.34. The molecule has 0 atom stereocenters. The van der Waals surface area contributed by atoms with Crippen LogP contribution in [0, 0.1) is 0 Å². The van der Waals surface area contributed by atoms with E-state index in [1.54, 1.807) is 0 Å². The molecule has 0 amide bonds. The summed E-state index contributed by atoms with van der Waals surface area (Å²) in [6.45, 7) is 2.07. The van der Waals surface area contributed by atoms with Crippen LogP contribution in [-0.4, -0.2) is 9.97 Å². The van der Waals surface area contributed by atoms with Gasteiger partial charge in [0.1, 0.15) is 11.5 Å². The second-order valence-corrected chi connectivity index (χ2v) is 4.73. The molecule has 0 saturated heterocycles. The molecule has 1 aromatic heterocycles. The van der Waals surface area contributed by atoms with Gasteiger partial charge in [-0.2, -0.15) is 0 Å². The van der Waals surface area contributed by atoms with Crippen molar-refractivity contribution in [3.8, 4) is 11.3 Å². The van der Waals surface area contributed by atoms with Gasteiger partial charge >= 0.3 is 0 Å². The van der Waals surface area contributed by atoms with Gasteiger partial charge in [0.25, 0.3) is 0 Å². The number of hydrogen-bond donors (Lipinski definition) is 0. The first kappa shape index (κ1) is 12.1. The highest BCUT2D eigenvalue weighted by atomic mass is 35.5. The van der Waals surface area contributed by atoms with Crippen molar-refractivity contribution in [2.24, 2.45) is 0 Å². The van der Waals surface area contributed by atoms with Crippen LogP contribution in [0.25, 0.3) is 22.0 Å². The highest BCUT2D eigenvalue weighted by Crippen LogP contribution is 2.31.